The fourth-order valence-electron chi connectivity index (χ4n) is 5.06. The average Bonchev–Trinajstić information content (AvgIpc) is 2.95. The summed E-state index contributed by atoms with van der Waals surface area (Å²) in [7, 11) is 1.68. The van der Waals surface area contributed by atoms with Gasteiger partial charge >= 0.3 is 0 Å². The highest BCUT2D eigenvalue weighted by Crippen LogP contribution is 2.16. The van der Waals surface area contributed by atoms with Gasteiger partial charge in [0.25, 0.3) is 0 Å². The van der Waals surface area contributed by atoms with Crippen LogP contribution in [0.4, 0.5) is 0 Å². The van der Waals surface area contributed by atoms with Crippen molar-refractivity contribution in [2.24, 2.45) is 5.92 Å². The Bertz CT molecular complexity index is 1070. The molecule has 1 aliphatic rings. The van der Waals surface area contributed by atoms with Gasteiger partial charge in [0.2, 0.25) is 17.7 Å². The van der Waals surface area contributed by atoms with E-state index in [2.05, 4.69) is 54.1 Å². The number of nitrogens with one attached hydrogen (secondary N) is 3. The van der Waals surface area contributed by atoms with Gasteiger partial charge < -0.3 is 20.9 Å². The number of fused-ring (bicyclic) bond motifs is 1. The molecule has 0 spiro atoms. The van der Waals surface area contributed by atoms with Gasteiger partial charge in [-0.25, -0.2) is 0 Å². The first-order chi connectivity index (χ1) is 18.8. The molecular formula is C32H46N4O3. The first-order valence-corrected chi connectivity index (χ1v) is 14.5. The number of amides is 3. The van der Waals surface area contributed by atoms with Crippen LogP contribution in [0.1, 0.15) is 63.1 Å². The van der Waals surface area contributed by atoms with Gasteiger partial charge in [-0.15, -0.1) is 0 Å². The fourth-order valence-corrected chi connectivity index (χ4v) is 5.06. The second-order valence-electron chi connectivity index (χ2n) is 10.8. The molecule has 0 fully saturated rings. The summed E-state index contributed by atoms with van der Waals surface area (Å²) in [6, 6.07) is 16.4. The number of nitrogens with zero attached hydrogens (tertiary/aromatic N) is 1. The summed E-state index contributed by atoms with van der Waals surface area (Å²) < 4.78 is 0. The van der Waals surface area contributed by atoms with E-state index in [1.807, 2.05) is 30.3 Å². The topological polar surface area (TPSA) is 90.5 Å². The zero-order chi connectivity index (χ0) is 28.2. The molecule has 0 aliphatic carbocycles. The van der Waals surface area contributed by atoms with Crippen LogP contribution < -0.4 is 16.0 Å². The summed E-state index contributed by atoms with van der Waals surface area (Å²) in [6.45, 7) is 7.14. The Hall–Kier alpha value is -3.19. The third-order valence-electron chi connectivity index (χ3n) is 7.98. The molecular weight excluding hydrogens is 488 g/mol. The van der Waals surface area contributed by atoms with Gasteiger partial charge in [-0.05, 0) is 68.2 Å². The van der Waals surface area contributed by atoms with Gasteiger partial charge in [-0.1, -0.05) is 74.9 Å². The Morgan fingerprint density at radius 1 is 0.872 bits per heavy atom. The van der Waals surface area contributed by atoms with Crippen molar-refractivity contribution in [2.45, 2.75) is 83.8 Å². The molecule has 4 atom stereocenters. The third kappa shape index (κ3) is 8.92. The van der Waals surface area contributed by atoms with E-state index < -0.39 is 12.1 Å². The van der Waals surface area contributed by atoms with Crippen LogP contribution in [0.2, 0.25) is 0 Å². The molecule has 7 nitrogen and oxygen atoms in total. The van der Waals surface area contributed by atoms with Crippen LogP contribution in [0.5, 0.6) is 0 Å². The minimum Gasteiger partial charge on any atom is -0.354 e. The van der Waals surface area contributed by atoms with Gasteiger partial charge in [0.1, 0.15) is 12.1 Å². The maximum absolute atomic E-state index is 13.6. The van der Waals surface area contributed by atoms with Crippen LogP contribution in [0.3, 0.4) is 0 Å². The molecule has 3 N–H and O–H groups in total. The van der Waals surface area contributed by atoms with Crippen molar-refractivity contribution < 1.29 is 14.4 Å². The molecule has 2 aromatic carbocycles. The number of likely N-dealkylation sites (N-methyl/N-ethyl adjacent to an activating group) is 1. The van der Waals surface area contributed by atoms with Gasteiger partial charge in [0.15, 0.2) is 0 Å². The molecule has 2 aromatic rings. The molecule has 0 saturated carbocycles. The number of carbonyl (C=O) groups is 3. The van der Waals surface area contributed by atoms with Crippen LogP contribution in [0.15, 0.2) is 54.6 Å². The maximum Gasteiger partial charge on any atom is 0.243 e. The monoisotopic (exact) mass is 534 g/mol. The molecule has 0 unspecified atom stereocenters. The average molecular weight is 535 g/mol. The lowest BCUT2D eigenvalue weighted by atomic mass is 9.96. The number of hydrogen-bond donors (Lipinski definition) is 3. The molecule has 0 aromatic heterocycles. The molecule has 0 saturated heterocycles. The lowest BCUT2D eigenvalue weighted by molar-refractivity contribution is -0.141. The van der Waals surface area contributed by atoms with E-state index in [0.29, 0.717) is 13.0 Å². The van der Waals surface area contributed by atoms with Crippen LogP contribution in [0.25, 0.3) is 0 Å². The van der Waals surface area contributed by atoms with Crippen LogP contribution >= 0.6 is 0 Å². The van der Waals surface area contributed by atoms with Crippen molar-refractivity contribution in [3.63, 3.8) is 0 Å². The third-order valence-corrected chi connectivity index (χ3v) is 7.98. The molecule has 1 aliphatic heterocycles. The minimum absolute atomic E-state index is 0.102. The normalized spacial score (nSPS) is 23.4. The Morgan fingerprint density at radius 2 is 1.51 bits per heavy atom. The van der Waals surface area contributed by atoms with E-state index in [9.17, 15) is 14.4 Å². The van der Waals surface area contributed by atoms with Gasteiger partial charge in [-0.2, -0.15) is 0 Å². The van der Waals surface area contributed by atoms with Crippen LogP contribution in [-0.2, 0) is 33.6 Å². The van der Waals surface area contributed by atoms with Crippen molar-refractivity contribution in [1.82, 2.24) is 20.9 Å². The highest BCUT2D eigenvalue weighted by Gasteiger charge is 2.32. The number of aryl methyl sites for hydroxylation is 2. The smallest absolute Gasteiger partial charge is 0.243 e. The Morgan fingerprint density at radius 3 is 2.18 bits per heavy atom. The van der Waals surface area contributed by atoms with Gasteiger partial charge in [0.05, 0.1) is 6.04 Å². The molecule has 3 amide bonds. The van der Waals surface area contributed by atoms with Crippen molar-refractivity contribution in [3.8, 4) is 0 Å². The maximum atomic E-state index is 13.6. The Kier molecular flexibility index (Phi) is 12.0. The molecule has 7 heteroatoms. The summed E-state index contributed by atoms with van der Waals surface area (Å²) in [5, 5.41) is 9.46. The van der Waals surface area contributed by atoms with E-state index in [-0.39, 0.29) is 29.7 Å². The summed E-state index contributed by atoms with van der Waals surface area (Å²) in [6.07, 6.45) is 5.88. The SMILES string of the molecule is CC[C@H](C)[C@@H]1NCCCc2ccccc2CCCCNC(=O)[C@@H](Cc2ccccc2)NC(=O)[C@@H](C)N(C)C1=O. The summed E-state index contributed by atoms with van der Waals surface area (Å²) in [5.74, 6) is -0.522. The fraction of sp³-hybridized carbons (Fsp3) is 0.531. The highest BCUT2D eigenvalue weighted by atomic mass is 16.2. The zero-order valence-electron chi connectivity index (χ0n) is 24.0. The molecule has 0 bridgehead atoms. The van der Waals surface area contributed by atoms with Crippen LogP contribution in [-0.4, -0.2) is 60.9 Å². The van der Waals surface area contributed by atoms with E-state index in [1.165, 1.54) is 16.0 Å². The van der Waals surface area contributed by atoms with E-state index >= 15 is 0 Å². The predicted octanol–water partition coefficient (Wildman–Crippen LogP) is 3.65. The standard InChI is InChI=1S/C32H46N4O3/c1-5-23(2)29-32(39)36(4)24(3)30(37)35-28(22-25-14-7-6-8-15-25)31(38)34-20-12-11-18-26-16-9-10-17-27(26)19-13-21-33-29/h6-10,14-17,23-24,28-29,33H,5,11-13,18-22H2,1-4H3,(H,34,38)(H,35,37)/t23-,24+,28+,29-/m0/s1. The minimum atomic E-state index is -0.725. The highest BCUT2D eigenvalue weighted by molar-refractivity contribution is 5.93. The van der Waals surface area contributed by atoms with Crippen molar-refractivity contribution in [1.29, 1.82) is 0 Å². The number of benzene rings is 2. The molecule has 212 valence electrons. The second-order valence-corrected chi connectivity index (χ2v) is 10.8. The van der Waals surface area contributed by atoms with E-state index in [1.54, 1.807) is 14.0 Å². The Labute approximate surface area is 234 Å². The van der Waals surface area contributed by atoms with Gasteiger partial charge in [0, 0.05) is 20.0 Å². The quantitative estimate of drug-likeness (QED) is 0.559. The largest absolute Gasteiger partial charge is 0.354 e. The summed E-state index contributed by atoms with van der Waals surface area (Å²) in [4.78, 5) is 41.6. The number of rotatable bonds is 4. The van der Waals surface area contributed by atoms with Crippen molar-refractivity contribution >= 4 is 17.7 Å². The van der Waals surface area contributed by atoms with Crippen molar-refractivity contribution in [2.75, 3.05) is 20.1 Å². The predicted molar refractivity (Wildman–Crippen MR) is 156 cm³/mol. The molecule has 1 heterocycles. The lowest BCUT2D eigenvalue weighted by Crippen LogP contribution is -2.57. The van der Waals surface area contributed by atoms with Gasteiger partial charge in [-0.3, -0.25) is 14.4 Å². The molecule has 0 radical (unpaired) electrons. The van der Waals surface area contributed by atoms with Crippen molar-refractivity contribution in [3.05, 3.63) is 71.3 Å². The first kappa shape index (κ1) is 30.4. The first-order valence-electron chi connectivity index (χ1n) is 14.5. The number of carbonyl (C=O) groups excluding carboxylic acids is 3. The lowest BCUT2D eigenvalue weighted by Gasteiger charge is -2.32. The molecule has 3 rings (SSSR count). The number of hydrogen-bond acceptors (Lipinski definition) is 4. The van der Waals surface area contributed by atoms with Crippen LogP contribution in [0, 0.1) is 5.92 Å². The Balaban J connectivity index is 1.83. The van der Waals surface area contributed by atoms with E-state index in [0.717, 1.165) is 50.6 Å². The summed E-state index contributed by atoms with van der Waals surface area (Å²) in [5.41, 5.74) is 3.65. The molecule has 39 heavy (non-hydrogen) atoms. The second kappa shape index (κ2) is 15.4. The zero-order valence-corrected chi connectivity index (χ0v) is 24.0. The summed E-state index contributed by atoms with van der Waals surface area (Å²) >= 11 is 0. The van der Waals surface area contributed by atoms with E-state index in [4.69, 9.17) is 0 Å².